The minimum Gasteiger partial charge on any atom is -0.497 e. The summed E-state index contributed by atoms with van der Waals surface area (Å²) in [5.74, 6) is 2.41. The summed E-state index contributed by atoms with van der Waals surface area (Å²) < 4.78 is 16.3. The Labute approximate surface area is 151 Å². The molecule has 0 amide bonds. The van der Waals surface area contributed by atoms with Crippen LogP contribution in [0.3, 0.4) is 0 Å². The molecule has 1 N–H and O–H groups in total. The molecule has 25 heavy (non-hydrogen) atoms. The third kappa shape index (κ3) is 6.92. The fourth-order valence-electron chi connectivity index (χ4n) is 2.87. The fourth-order valence-corrected chi connectivity index (χ4v) is 2.87. The second kappa shape index (κ2) is 10.9. The smallest absolute Gasteiger partial charge is 0.193 e. The molecular formula is C19H31N3O3. The van der Waals surface area contributed by atoms with Gasteiger partial charge < -0.3 is 24.4 Å². The molecule has 6 heteroatoms. The van der Waals surface area contributed by atoms with Crippen molar-refractivity contribution in [3.05, 3.63) is 29.8 Å². The van der Waals surface area contributed by atoms with Crippen LogP contribution in [0.2, 0.25) is 0 Å². The fraction of sp³-hybridized carbons (Fsp3) is 0.632. The molecule has 1 aliphatic rings. The van der Waals surface area contributed by atoms with Crippen LogP contribution >= 0.6 is 0 Å². The summed E-state index contributed by atoms with van der Waals surface area (Å²) in [6, 6.07) is 7.96. The number of methoxy groups -OCH3 is 1. The Morgan fingerprint density at radius 3 is 2.80 bits per heavy atom. The van der Waals surface area contributed by atoms with E-state index in [4.69, 9.17) is 14.2 Å². The summed E-state index contributed by atoms with van der Waals surface area (Å²) in [6.07, 6.45) is 2.08. The Morgan fingerprint density at radius 1 is 1.36 bits per heavy atom. The van der Waals surface area contributed by atoms with Crippen molar-refractivity contribution in [2.45, 2.75) is 19.4 Å². The van der Waals surface area contributed by atoms with Crippen molar-refractivity contribution in [1.82, 2.24) is 10.2 Å². The van der Waals surface area contributed by atoms with Gasteiger partial charge in [0.2, 0.25) is 0 Å². The Bertz CT molecular complexity index is 513. The molecule has 140 valence electrons. The van der Waals surface area contributed by atoms with Gasteiger partial charge in [-0.05, 0) is 30.5 Å². The molecule has 1 heterocycles. The van der Waals surface area contributed by atoms with Crippen molar-refractivity contribution in [1.29, 1.82) is 0 Å². The summed E-state index contributed by atoms with van der Waals surface area (Å²) in [7, 11) is 5.57. The zero-order chi connectivity index (χ0) is 17.9. The number of hydrogen-bond acceptors (Lipinski definition) is 4. The first-order valence-electron chi connectivity index (χ1n) is 8.93. The number of rotatable bonds is 9. The maximum absolute atomic E-state index is 5.73. The Hall–Kier alpha value is -1.79. The second-order valence-corrected chi connectivity index (χ2v) is 6.34. The summed E-state index contributed by atoms with van der Waals surface area (Å²) >= 11 is 0. The average molecular weight is 349 g/mol. The molecular weight excluding hydrogens is 318 g/mol. The predicted molar refractivity (Wildman–Crippen MR) is 100 cm³/mol. The molecule has 1 aromatic rings. The number of benzene rings is 1. The van der Waals surface area contributed by atoms with Gasteiger partial charge in [-0.1, -0.05) is 12.1 Å². The zero-order valence-corrected chi connectivity index (χ0v) is 15.7. The van der Waals surface area contributed by atoms with E-state index in [2.05, 4.69) is 22.3 Å². The molecule has 1 fully saturated rings. The number of aliphatic imine (C=N–C) groups is 1. The molecule has 1 aromatic carbocycles. The van der Waals surface area contributed by atoms with Crippen LogP contribution in [0.25, 0.3) is 0 Å². The number of ether oxygens (including phenoxy) is 3. The van der Waals surface area contributed by atoms with E-state index >= 15 is 0 Å². The van der Waals surface area contributed by atoms with Gasteiger partial charge in [0.15, 0.2) is 5.96 Å². The summed E-state index contributed by atoms with van der Waals surface area (Å²) in [4.78, 5) is 6.53. The maximum Gasteiger partial charge on any atom is 0.193 e. The highest BCUT2D eigenvalue weighted by Gasteiger charge is 2.18. The van der Waals surface area contributed by atoms with Crippen LogP contribution in [0.5, 0.6) is 5.75 Å². The van der Waals surface area contributed by atoms with Crippen LogP contribution in [-0.2, 0) is 16.1 Å². The highest BCUT2D eigenvalue weighted by atomic mass is 16.5. The Morgan fingerprint density at radius 2 is 2.16 bits per heavy atom. The SMILES string of the molecule is CN=C(NCCCOCc1ccc(OC)cc1)N(C)CC1CCOC1. The molecule has 1 saturated heterocycles. The van der Waals surface area contributed by atoms with E-state index in [9.17, 15) is 0 Å². The average Bonchev–Trinajstić information content (AvgIpc) is 3.14. The number of nitrogens with one attached hydrogen (secondary N) is 1. The molecule has 0 aliphatic carbocycles. The van der Waals surface area contributed by atoms with E-state index in [0.29, 0.717) is 12.5 Å². The van der Waals surface area contributed by atoms with Crippen molar-refractivity contribution in [2.24, 2.45) is 10.9 Å². The van der Waals surface area contributed by atoms with Crippen LogP contribution in [0.15, 0.2) is 29.3 Å². The van der Waals surface area contributed by atoms with Gasteiger partial charge in [0.1, 0.15) is 5.75 Å². The summed E-state index contributed by atoms with van der Waals surface area (Å²) in [6.45, 7) is 4.92. The van der Waals surface area contributed by atoms with Crippen LogP contribution in [0.4, 0.5) is 0 Å². The lowest BCUT2D eigenvalue weighted by atomic mass is 10.1. The zero-order valence-electron chi connectivity index (χ0n) is 15.7. The molecule has 1 atom stereocenters. The van der Waals surface area contributed by atoms with Gasteiger partial charge >= 0.3 is 0 Å². The van der Waals surface area contributed by atoms with Crippen LogP contribution in [0.1, 0.15) is 18.4 Å². The minimum atomic E-state index is 0.608. The lowest BCUT2D eigenvalue weighted by molar-refractivity contribution is 0.119. The molecule has 0 aromatic heterocycles. The van der Waals surface area contributed by atoms with Crippen molar-refractivity contribution < 1.29 is 14.2 Å². The number of guanidine groups is 1. The quantitative estimate of drug-likeness (QED) is 0.421. The Kier molecular flexibility index (Phi) is 8.55. The molecule has 6 nitrogen and oxygen atoms in total. The van der Waals surface area contributed by atoms with E-state index in [-0.39, 0.29) is 0 Å². The van der Waals surface area contributed by atoms with Gasteiger partial charge in [-0.15, -0.1) is 0 Å². The first kappa shape index (κ1) is 19.5. The number of hydrogen-bond donors (Lipinski definition) is 1. The van der Waals surface area contributed by atoms with E-state index in [1.165, 1.54) is 0 Å². The molecule has 2 rings (SSSR count). The van der Waals surface area contributed by atoms with Crippen molar-refractivity contribution >= 4 is 5.96 Å². The van der Waals surface area contributed by atoms with Crippen LogP contribution in [0, 0.1) is 5.92 Å². The largest absolute Gasteiger partial charge is 0.497 e. The molecule has 1 aliphatic heterocycles. The lowest BCUT2D eigenvalue weighted by Crippen LogP contribution is -2.42. The first-order chi connectivity index (χ1) is 12.2. The Balaban J connectivity index is 1.57. The van der Waals surface area contributed by atoms with Gasteiger partial charge in [-0.25, -0.2) is 0 Å². The summed E-state index contributed by atoms with van der Waals surface area (Å²) in [5.41, 5.74) is 1.16. The molecule has 0 radical (unpaired) electrons. The highest BCUT2D eigenvalue weighted by Crippen LogP contribution is 2.13. The number of nitrogens with zero attached hydrogens (tertiary/aromatic N) is 2. The van der Waals surface area contributed by atoms with Crippen molar-refractivity contribution in [3.8, 4) is 5.75 Å². The molecule has 0 spiro atoms. The monoisotopic (exact) mass is 349 g/mol. The van der Waals surface area contributed by atoms with E-state index in [1.807, 2.05) is 31.3 Å². The third-order valence-electron chi connectivity index (χ3n) is 4.31. The van der Waals surface area contributed by atoms with Gasteiger partial charge in [0.05, 0.1) is 20.3 Å². The van der Waals surface area contributed by atoms with Gasteiger partial charge in [0.25, 0.3) is 0 Å². The minimum absolute atomic E-state index is 0.608. The molecule has 0 saturated carbocycles. The lowest BCUT2D eigenvalue weighted by Gasteiger charge is -2.24. The van der Waals surface area contributed by atoms with Crippen LogP contribution < -0.4 is 10.1 Å². The standard InChI is InChI=1S/C19H31N3O3/c1-20-19(22(2)13-17-9-12-25-15-17)21-10-4-11-24-14-16-5-7-18(23-3)8-6-16/h5-8,17H,4,9-15H2,1-3H3,(H,20,21). The maximum atomic E-state index is 5.73. The topological polar surface area (TPSA) is 55.3 Å². The van der Waals surface area contributed by atoms with E-state index in [0.717, 1.165) is 63.0 Å². The van der Waals surface area contributed by atoms with Gasteiger partial charge in [-0.2, -0.15) is 0 Å². The second-order valence-electron chi connectivity index (χ2n) is 6.34. The molecule has 0 bridgehead atoms. The summed E-state index contributed by atoms with van der Waals surface area (Å²) in [5, 5.41) is 3.40. The molecule has 1 unspecified atom stereocenters. The van der Waals surface area contributed by atoms with E-state index < -0.39 is 0 Å². The highest BCUT2D eigenvalue weighted by molar-refractivity contribution is 5.79. The van der Waals surface area contributed by atoms with Gasteiger partial charge in [0, 0.05) is 46.3 Å². The van der Waals surface area contributed by atoms with Crippen LogP contribution in [-0.4, -0.2) is 65.0 Å². The first-order valence-corrected chi connectivity index (χ1v) is 8.93. The third-order valence-corrected chi connectivity index (χ3v) is 4.31. The van der Waals surface area contributed by atoms with E-state index in [1.54, 1.807) is 7.11 Å². The predicted octanol–water partition coefficient (Wildman–Crippen LogP) is 2.15. The van der Waals surface area contributed by atoms with Gasteiger partial charge in [-0.3, -0.25) is 4.99 Å². The normalized spacial score (nSPS) is 17.6. The van der Waals surface area contributed by atoms with Crippen molar-refractivity contribution in [2.75, 3.05) is 54.1 Å². The van der Waals surface area contributed by atoms with Crippen molar-refractivity contribution in [3.63, 3.8) is 0 Å².